The lowest BCUT2D eigenvalue weighted by Gasteiger charge is -2.31. The second kappa shape index (κ2) is 14.8. The topological polar surface area (TPSA) is 8.17 Å². The predicted molar refractivity (Wildman–Crippen MR) is 281 cm³/mol. The van der Waals surface area contributed by atoms with E-state index in [2.05, 4.69) is 266 Å². The number of para-hydroxylation sites is 2. The van der Waals surface area contributed by atoms with Gasteiger partial charge in [-0.05, 0) is 126 Å². The fourth-order valence-corrected chi connectivity index (χ4v) is 16.9. The molecule has 312 valence electrons. The molecule has 2 aliphatic rings. The van der Waals surface area contributed by atoms with Crippen LogP contribution >= 0.6 is 0 Å². The summed E-state index contributed by atoms with van der Waals surface area (Å²) in [5.74, 6) is 0. The van der Waals surface area contributed by atoms with E-state index in [0.717, 1.165) is 22.7 Å². The molecule has 0 amide bonds. The fraction of sp³-hybridized carbons (Fsp3) is 0.0476. The highest BCUT2D eigenvalue weighted by Crippen LogP contribution is 2.51. The summed E-state index contributed by atoms with van der Waals surface area (Å²) in [6, 6.07) is 90.7. The van der Waals surface area contributed by atoms with Gasteiger partial charge in [0.2, 0.25) is 0 Å². The van der Waals surface area contributed by atoms with Crippen LogP contribution in [0.25, 0.3) is 60.9 Å². The van der Waals surface area contributed by atoms with Gasteiger partial charge in [0.15, 0.2) is 8.07 Å². The Kier molecular flexibility index (Phi) is 8.62. The molecule has 10 aromatic carbocycles. The van der Waals surface area contributed by atoms with Crippen LogP contribution in [0.1, 0.15) is 25.0 Å². The van der Waals surface area contributed by atoms with Gasteiger partial charge in [0.1, 0.15) is 0 Å². The zero-order valence-corrected chi connectivity index (χ0v) is 38.0. The maximum Gasteiger partial charge on any atom is 0.180 e. The maximum atomic E-state index is 2.48. The molecule has 2 nitrogen and oxygen atoms in total. The molecule has 0 radical (unpaired) electrons. The van der Waals surface area contributed by atoms with Gasteiger partial charge < -0.3 is 9.47 Å². The zero-order chi connectivity index (χ0) is 44.0. The third kappa shape index (κ3) is 5.60. The number of hydrogen-bond donors (Lipinski definition) is 0. The van der Waals surface area contributed by atoms with Gasteiger partial charge in [0.05, 0.1) is 11.0 Å². The van der Waals surface area contributed by atoms with Gasteiger partial charge in [0, 0.05) is 38.9 Å². The van der Waals surface area contributed by atoms with E-state index in [0.29, 0.717) is 0 Å². The third-order valence-electron chi connectivity index (χ3n) is 14.7. The second-order valence-electron chi connectivity index (χ2n) is 18.5. The summed E-state index contributed by atoms with van der Waals surface area (Å²) in [5.41, 5.74) is 17.3. The van der Waals surface area contributed by atoms with Crippen LogP contribution in [0.2, 0.25) is 0 Å². The third-order valence-corrected chi connectivity index (χ3v) is 19.5. The fourth-order valence-electron chi connectivity index (χ4n) is 11.7. The summed E-state index contributed by atoms with van der Waals surface area (Å²) >= 11 is 0. The Bertz CT molecular complexity index is 3580. The van der Waals surface area contributed by atoms with Crippen molar-refractivity contribution in [3.8, 4) is 39.1 Å². The van der Waals surface area contributed by atoms with Crippen molar-refractivity contribution in [3.05, 3.63) is 254 Å². The first-order chi connectivity index (χ1) is 32.5. The quantitative estimate of drug-likeness (QED) is 0.145. The van der Waals surface area contributed by atoms with Gasteiger partial charge >= 0.3 is 0 Å². The van der Waals surface area contributed by atoms with E-state index in [1.54, 1.807) is 0 Å². The summed E-state index contributed by atoms with van der Waals surface area (Å²) in [7, 11) is -2.62. The van der Waals surface area contributed by atoms with Crippen molar-refractivity contribution in [1.82, 2.24) is 4.57 Å². The molecule has 0 spiro atoms. The van der Waals surface area contributed by atoms with Crippen LogP contribution in [0.3, 0.4) is 0 Å². The van der Waals surface area contributed by atoms with Crippen molar-refractivity contribution >= 4 is 67.7 Å². The molecule has 0 atom stereocenters. The molecule has 1 aliphatic heterocycles. The summed E-state index contributed by atoms with van der Waals surface area (Å²) < 4.78 is 2.39. The monoisotopic (exact) mass is 858 g/mol. The van der Waals surface area contributed by atoms with Crippen molar-refractivity contribution in [3.63, 3.8) is 0 Å². The Balaban J connectivity index is 0.934. The van der Waals surface area contributed by atoms with Crippen LogP contribution in [-0.2, 0) is 5.41 Å². The first-order valence-corrected chi connectivity index (χ1v) is 25.1. The molecule has 1 aromatic heterocycles. The maximum absolute atomic E-state index is 2.62. The van der Waals surface area contributed by atoms with E-state index in [4.69, 9.17) is 0 Å². The molecule has 0 saturated heterocycles. The number of nitrogens with zero attached hydrogens (tertiary/aromatic N) is 2. The van der Waals surface area contributed by atoms with E-state index in [-0.39, 0.29) is 5.41 Å². The molecule has 0 unspecified atom stereocenters. The average molecular weight is 859 g/mol. The molecule has 0 N–H and O–H groups in total. The van der Waals surface area contributed by atoms with Crippen LogP contribution in [0, 0.1) is 0 Å². The summed E-state index contributed by atoms with van der Waals surface area (Å²) in [5, 5.41) is 8.27. The minimum absolute atomic E-state index is 0.121. The molecular weight excluding hydrogens is 813 g/mol. The molecule has 1 aliphatic carbocycles. The second-order valence-corrected chi connectivity index (χ2v) is 22.2. The Morgan fingerprint density at radius 3 is 1.55 bits per heavy atom. The van der Waals surface area contributed by atoms with Gasteiger partial charge in [-0.1, -0.05) is 196 Å². The van der Waals surface area contributed by atoms with E-state index < -0.39 is 8.07 Å². The van der Waals surface area contributed by atoms with E-state index in [9.17, 15) is 0 Å². The predicted octanol–water partition coefficient (Wildman–Crippen LogP) is 13.6. The smallest absolute Gasteiger partial charge is 0.180 e. The van der Waals surface area contributed by atoms with Crippen LogP contribution in [0.4, 0.5) is 17.1 Å². The molecule has 0 bridgehead atoms. The normalized spacial score (nSPS) is 13.8. The van der Waals surface area contributed by atoms with Gasteiger partial charge in [-0.3, -0.25) is 0 Å². The molecule has 66 heavy (non-hydrogen) atoms. The lowest BCUT2D eigenvalue weighted by molar-refractivity contribution is 0.660. The molecule has 0 fully saturated rings. The zero-order valence-electron chi connectivity index (χ0n) is 37.0. The number of benzene rings is 10. The van der Waals surface area contributed by atoms with E-state index in [1.807, 2.05) is 0 Å². The first kappa shape index (κ1) is 38.5. The van der Waals surface area contributed by atoms with Crippen molar-refractivity contribution in [2.24, 2.45) is 0 Å². The lowest BCUT2D eigenvalue weighted by Crippen LogP contribution is -2.72. The average Bonchev–Trinajstić information content (AvgIpc) is 3.96. The SMILES string of the molecule is CC1(C)c2ccccc2-c2ccc(N(c3ccc(-c4cccc([Si]5(c6ccccc6)c6ccccc6-c6ccccc65)c4)cc3)c3ccc(-n4c5ccccc5c5ccccc54)cc3)cc21. The van der Waals surface area contributed by atoms with Crippen molar-refractivity contribution in [1.29, 1.82) is 0 Å². The van der Waals surface area contributed by atoms with Gasteiger partial charge in [0.25, 0.3) is 0 Å². The largest absolute Gasteiger partial charge is 0.310 e. The van der Waals surface area contributed by atoms with E-state index >= 15 is 0 Å². The molecule has 3 heteroatoms. The van der Waals surface area contributed by atoms with Gasteiger partial charge in [-0.2, -0.15) is 0 Å². The Morgan fingerprint density at radius 1 is 0.364 bits per heavy atom. The van der Waals surface area contributed by atoms with Crippen molar-refractivity contribution in [2.45, 2.75) is 19.3 Å². The highest BCUT2D eigenvalue weighted by atomic mass is 28.3. The van der Waals surface area contributed by atoms with Crippen LogP contribution in [-0.4, -0.2) is 12.6 Å². The first-order valence-electron chi connectivity index (χ1n) is 23.1. The lowest BCUT2D eigenvalue weighted by atomic mass is 9.82. The van der Waals surface area contributed by atoms with Crippen LogP contribution in [0.5, 0.6) is 0 Å². The van der Waals surface area contributed by atoms with Crippen molar-refractivity contribution in [2.75, 3.05) is 4.90 Å². The van der Waals surface area contributed by atoms with Gasteiger partial charge in [-0.25, -0.2) is 0 Å². The van der Waals surface area contributed by atoms with Crippen LogP contribution in [0.15, 0.2) is 243 Å². The number of aromatic nitrogens is 1. The molecule has 2 heterocycles. The standard InChI is InChI=1S/C63H46N2Si/c1-63(2)57-26-11-6-21-51(57)52-40-39-48(42-58(52)63)64(46-35-37-47(38-36-46)65-59-27-12-7-22-53(59)54-23-8-13-28-60(54)65)45-33-31-43(32-34-45)44-17-16-20-50(41-44)66(49-18-4-3-5-19-49)61-29-14-9-24-55(61)56-25-10-15-30-62(56)66/h3-42H,1-2H3. The molecule has 11 aromatic rings. The highest BCUT2D eigenvalue weighted by Gasteiger charge is 2.48. The van der Waals surface area contributed by atoms with Gasteiger partial charge in [-0.15, -0.1) is 0 Å². The summed E-state index contributed by atoms with van der Waals surface area (Å²) in [4.78, 5) is 2.43. The van der Waals surface area contributed by atoms with Crippen LogP contribution < -0.4 is 25.6 Å². The summed E-state index contributed by atoms with van der Waals surface area (Å²) in [6.45, 7) is 4.73. The minimum Gasteiger partial charge on any atom is -0.310 e. The molecule has 0 saturated carbocycles. The number of fused-ring (bicyclic) bond motifs is 9. The highest BCUT2D eigenvalue weighted by molar-refractivity contribution is 7.22. The molecule has 13 rings (SSSR count). The Morgan fingerprint density at radius 2 is 0.879 bits per heavy atom. The summed E-state index contributed by atoms with van der Waals surface area (Å²) in [6.07, 6.45) is 0. The Labute approximate surface area is 387 Å². The number of rotatable bonds is 7. The Hall–Kier alpha value is -7.98. The van der Waals surface area contributed by atoms with Crippen molar-refractivity contribution < 1.29 is 0 Å². The minimum atomic E-state index is -2.62. The molecular formula is C63H46N2Si. The van der Waals surface area contributed by atoms with E-state index in [1.165, 1.54) is 87.1 Å². The number of hydrogen-bond acceptors (Lipinski definition) is 1. The number of anilines is 3.